The third-order valence-corrected chi connectivity index (χ3v) is 3.07. The van der Waals surface area contributed by atoms with Crippen LogP contribution in [0.15, 0.2) is 30.0 Å². The number of nitrogens with one attached hydrogen (secondary N) is 1. The third-order valence-electron chi connectivity index (χ3n) is 3.07. The summed E-state index contributed by atoms with van der Waals surface area (Å²) in [5.41, 5.74) is 5.62. The van der Waals surface area contributed by atoms with Gasteiger partial charge >= 0.3 is 0 Å². The van der Waals surface area contributed by atoms with E-state index in [-0.39, 0.29) is 24.6 Å². The minimum absolute atomic E-state index is 0.212. The van der Waals surface area contributed by atoms with Gasteiger partial charge in [-0.3, -0.25) is 9.59 Å². The molecule has 0 bridgehead atoms. The summed E-state index contributed by atoms with van der Waals surface area (Å²) in [6.07, 6.45) is 1.19. The van der Waals surface area contributed by atoms with Crippen LogP contribution in [0, 0.1) is 11.3 Å². The summed E-state index contributed by atoms with van der Waals surface area (Å²) in [7, 11) is 2.97. The van der Waals surface area contributed by atoms with Crippen molar-refractivity contribution in [2.24, 2.45) is 5.73 Å². The zero-order chi connectivity index (χ0) is 18.1. The van der Waals surface area contributed by atoms with Crippen LogP contribution >= 0.6 is 0 Å². The molecule has 8 heteroatoms. The summed E-state index contributed by atoms with van der Waals surface area (Å²) < 4.78 is 10.3. The van der Waals surface area contributed by atoms with Crippen LogP contribution in [-0.4, -0.2) is 44.0 Å². The maximum atomic E-state index is 12.2. The van der Waals surface area contributed by atoms with Gasteiger partial charge in [-0.05, 0) is 12.1 Å². The van der Waals surface area contributed by atoms with Crippen LogP contribution in [0.25, 0.3) is 0 Å². The zero-order valence-corrected chi connectivity index (χ0v) is 13.8. The molecule has 2 amide bonds. The molecule has 8 nitrogen and oxygen atoms in total. The summed E-state index contributed by atoms with van der Waals surface area (Å²) in [5.74, 6) is -0.0105. The zero-order valence-electron chi connectivity index (χ0n) is 13.8. The van der Waals surface area contributed by atoms with Crippen LogP contribution in [-0.2, 0) is 9.59 Å². The van der Waals surface area contributed by atoms with E-state index in [0.717, 1.165) is 0 Å². The Morgan fingerprint density at radius 2 is 2.00 bits per heavy atom. The summed E-state index contributed by atoms with van der Waals surface area (Å²) >= 11 is 0. The molecule has 0 aliphatic carbocycles. The van der Waals surface area contributed by atoms with E-state index in [1.807, 2.05) is 0 Å². The van der Waals surface area contributed by atoms with E-state index in [4.69, 9.17) is 20.5 Å². The first-order chi connectivity index (χ1) is 11.5. The minimum Gasteiger partial charge on any atom is -0.493 e. The van der Waals surface area contributed by atoms with Gasteiger partial charge in [0.1, 0.15) is 11.6 Å². The van der Waals surface area contributed by atoms with Crippen LogP contribution in [0.3, 0.4) is 0 Å². The summed E-state index contributed by atoms with van der Waals surface area (Å²) in [6.45, 7) is 1.75. The summed E-state index contributed by atoms with van der Waals surface area (Å²) in [4.78, 5) is 24.9. The number of nitriles is 1. The molecule has 128 valence electrons. The fraction of sp³-hybridized carbons (Fsp3) is 0.312. The lowest BCUT2D eigenvalue weighted by Crippen LogP contribution is -2.30. The fourth-order valence-corrected chi connectivity index (χ4v) is 1.86. The number of carbonyl (C=O) groups is 2. The molecule has 1 aromatic carbocycles. The molecule has 0 radical (unpaired) electrons. The number of methoxy groups -OCH3 is 2. The number of amides is 2. The molecule has 1 aromatic rings. The molecule has 0 unspecified atom stereocenters. The van der Waals surface area contributed by atoms with Crippen LogP contribution in [0.4, 0.5) is 5.69 Å². The number of rotatable bonds is 7. The minimum atomic E-state index is -0.645. The van der Waals surface area contributed by atoms with E-state index >= 15 is 0 Å². The van der Waals surface area contributed by atoms with Gasteiger partial charge in [0.15, 0.2) is 11.5 Å². The van der Waals surface area contributed by atoms with Gasteiger partial charge < -0.3 is 25.4 Å². The number of nitrogens with two attached hydrogens (primary N) is 1. The number of hydrogen-bond donors (Lipinski definition) is 2. The molecule has 24 heavy (non-hydrogen) atoms. The van der Waals surface area contributed by atoms with E-state index in [1.54, 1.807) is 24.3 Å². The van der Waals surface area contributed by atoms with Crippen molar-refractivity contribution in [2.45, 2.75) is 6.92 Å². The first kappa shape index (κ1) is 19.0. The van der Waals surface area contributed by atoms with Gasteiger partial charge in [0.05, 0.1) is 14.2 Å². The number of carbonyl (C=O) groups excluding carboxylic acids is 2. The standard InChI is InChI=1S/C16H20N4O4/c1-11(21)20(7-6-17)10-12(9-18)16(22)19-13-4-5-14(23-2)15(8-13)24-3/h4-5,8,10H,6-7,17H2,1-3H3,(H,19,22)/b12-10-. The topological polar surface area (TPSA) is 118 Å². The molecular weight excluding hydrogens is 312 g/mol. The van der Waals surface area contributed by atoms with Crippen molar-refractivity contribution >= 4 is 17.5 Å². The quantitative estimate of drug-likeness (QED) is 0.565. The summed E-state index contributed by atoms with van der Waals surface area (Å²) in [6, 6.07) is 6.57. The second-order valence-electron chi connectivity index (χ2n) is 4.68. The molecule has 0 aromatic heterocycles. The highest BCUT2D eigenvalue weighted by Gasteiger charge is 2.14. The highest BCUT2D eigenvalue weighted by Crippen LogP contribution is 2.29. The predicted molar refractivity (Wildman–Crippen MR) is 88.3 cm³/mol. The van der Waals surface area contributed by atoms with E-state index in [0.29, 0.717) is 17.2 Å². The molecule has 0 saturated carbocycles. The Morgan fingerprint density at radius 3 is 2.50 bits per heavy atom. The van der Waals surface area contributed by atoms with Crippen LogP contribution in [0.2, 0.25) is 0 Å². The second kappa shape index (κ2) is 9.17. The molecule has 3 N–H and O–H groups in total. The largest absolute Gasteiger partial charge is 0.493 e. The number of anilines is 1. The molecule has 0 fully saturated rings. The van der Waals surface area contributed by atoms with Crippen molar-refractivity contribution in [3.63, 3.8) is 0 Å². The van der Waals surface area contributed by atoms with Gasteiger partial charge in [-0.15, -0.1) is 0 Å². The van der Waals surface area contributed by atoms with Crippen molar-refractivity contribution in [1.82, 2.24) is 4.90 Å². The van der Waals surface area contributed by atoms with Crippen LogP contribution in [0.1, 0.15) is 6.92 Å². The molecule has 0 aliphatic heterocycles. The van der Waals surface area contributed by atoms with Gasteiger partial charge in [0, 0.05) is 38.0 Å². The van der Waals surface area contributed by atoms with Crippen molar-refractivity contribution in [1.29, 1.82) is 5.26 Å². The fourth-order valence-electron chi connectivity index (χ4n) is 1.86. The average Bonchev–Trinajstić information content (AvgIpc) is 2.57. The maximum Gasteiger partial charge on any atom is 0.267 e. The van der Waals surface area contributed by atoms with Crippen molar-refractivity contribution < 1.29 is 19.1 Å². The summed E-state index contributed by atoms with van der Waals surface area (Å²) in [5, 5.41) is 11.7. The second-order valence-corrected chi connectivity index (χ2v) is 4.68. The van der Waals surface area contributed by atoms with Crippen molar-refractivity contribution in [3.05, 3.63) is 30.0 Å². The van der Waals surface area contributed by atoms with Crippen molar-refractivity contribution in [3.8, 4) is 17.6 Å². The Kier molecular flexibility index (Phi) is 7.26. The van der Waals surface area contributed by atoms with Gasteiger partial charge in [-0.25, -0.2) is 0 Å². The van der Waals surface area contributed by atoms with Crippen LogP contribution in [0.5, 0.6) is 11.5 Å². The Morgan fingerprint density at radius 1 is 1.33 bits per heavy atom. The number of benzene rings is 1. The molecule has 0 spiro atoms. The number of ether oxygens (including phenoxy) is 2. The Hall–Kier alpha value is -3.05. The molecule has 0 aliphatic rings. The van der Waals surface area contributed by atoms with Gasteiger partial charge in [0.2, 0.25) is 5.91 Å². The van der Waals surface area contributed by atoms with Gasteiger partial charge in [-0.1, -0.05) is 0 Å². The lowest BCUT2D eigenvalue weighted by molar-refractivity contribution is -0.126. The Balaban J connectivity index is 2.99. The third kappa shape index (κ3) is 5.00. The Labute approximate surface area is 140 Å². The smallest absolute Gasteiger partial charge is 0.267 e. The highest BCUT2D eigenvalue weighted by molar-refractivity contribution is 6.06. The normalized spacial score (nSPS) is 10.5. The average molecular weight is 332 g/mol. The monoisotopic (exact) mass is 332 g/mol. The first-order valence-electron chi connectivity index (χ1n) is 7.09. The Bertz CT molecular complexity index is 679. The SMILES string of the molecule is COc1ccc(NC(=O)/C(C#N)=C\N(CCN)C(C)=O)cc1OC. The molecule has 0 saturated heterocycles. The van der Waals surface area contributed by atoms with Gasteiger partial charge in [-0.2, -0.15) is 5.26 Å². The first-order valence-corrected chi connectivity index (χ1v) is 7.09. The molecule has 0 atom stereocenters. The molecule has 0 heterocycles. The van der Waals surface area contributed by atoms with E-state index < -0.39 is 5.91 Å². The van der Waals surface area contributed by atoms with Crippen LogP contribution < -0.4 is 20.5 Å². The highest BCUT2D eigenvalue weighted by atomic mass is 16.5. The number of hydrogen-bond acceptors (Lipinski definition) is 6. The van der Waals surface area contributed by atoms with E-state index in [1.165, 1.54) is 32.2 Å². The lowest BCUT2D eigenvalue weighted by Gasteiger charge is -2.15. The molecule has 1 rings (SSSR count). The maximum absolute atomic E-state index is 12.2. The van der Waals surface area contributed by atoms with E-state index in [9.17, 15) is 9.59 Å². The van der Waals surface area contributed by atoms with Gasteiger partial charge in [0.25, 0.3) is 5.91 Å². The lowest BCUT2D eigenvalue weighted by atomic mass is 10.2. The number of nitrogens with zero attached hydrogens (tertiary/aromatic N) is 2. The van der Waals surface area contributed by atoms with Crippen molar-refractivity contribution in [2.75, 3.05) is 32.6 Å². The molecular formula is C16H20N4O4. The van der Waals surface area contributed by atoms with E-state index in [2.05, 4.69) is 5.32 Å². The predicted octanol–water partition coefficient (Wildman–Crippen LogP) is 0.857.